The molecule has 152 valence electrons. The Balaban J connectivity index is 1.67. The lowest BCUT2D eigenvalue weighted by Gasteiger charge is -2.12. The van der Waals surface area contributed by atoms with Crippen LogP contribution in [0.5, 0.6) is 11.5 Å². The van der Waals surface area contributed by atoms with E-state index in [0.29, 0.717) is 15.8 Å². The predicted molar refractivity (Wildman–Crippen MR) is 105 cm³/mol. The molecule has 0 aliphatic heterocycles. The number of carbonyl (C=O) groups excluding carboxylic acids is 1. The van der Waals surface area contributed by atoms with Gasteiger partial charge in [-0.25, -0.2) is 4.68 Å². The molecule has 1 N–H and O–H groups in total. The van der Waals surface area contributed by atoms with Gasteiger partial charge in [0.1, 0.15) is 11.5 Å². The SMILES string of the molecule is Cc1ccc(OC(F)F)c(NC(=O)c2ccn(COc3ccc(Cl)cc3Cl)n2)c1. The number of carbonyl (C=O) groups is 1. The summed E-state index contributed by atoms with van der Waals surface area (Å²) in [6.45, 7) is -1.25. The number of halogens is 4. The van der Waals surface area contributed by atoms with Crippen molar-refractivity contribution >= 4 is 34.8 Å². The van der Waals surface area contributed by atoms with Crippen LogP contribution in [-0.2, 0) is 6.73 Å². The van der Waals surface area contributed by atoms with Crippen molar-refractivity contribution in [2.24, 2.45) is 0 Å². The lowest BCUT2D eigenvalue weighted by molar-refractivity contribution is -0.0493. The number of hydrogen-bond acceptors (Lipinski definition) is 4. The molecule has 0 fully saturated rings. The van der Waals surface area contributed by atoms with Gasteiger partial charge in [-0.05, 0) is 48.9 Å². The van der Waals surface area contributed by atoms with Crippen LogP contribution >= 0.6 is 23.2 Å². The number of alkyl halides is 2. The van der Waals surface area contributed by atoms with Gasteiger partial charge in [0, 0.05) is 11.2 Å². The van der Waals surface area contributed by atoms with Crippen molar-refractivity contribution < 1.29 is 23.0 Å². The summed E-state index contributed by atoms with van der Waals surface area (Å²) in [4.78, 5) is 12.4. The molecule has 29 heavy (non-hydrogen) atoms. The second kappa shape index (κ2) is 9.11. The Kier molecular flexibility index (Phi) is 6.56. The van der Waals surface area contributed by atoms with Crippen LogP contribution in [0.1, 0.15) is 16.1 Å². The van der Waals surface area contributed by atoms with Gasteiger partial charge in [0.05, 0.1) is 10.7 Å². The van der Waals surface area contributed by atoms with Crippen molar-refractivity contribution in [2.45, 2.75) is 20.3 Å². The molecule has 1 aromatic heterocycles. The minimum absolute atomic E-state index is 0.00117. The molecule has 0 saturated carbocycles. The van der Waals surface area contributed by atoms with Gasteiger partial charge in [-0.1, -0.05) is 29.3 Å². The normalized spacial score (nSPS) is 10.8. The average molecular weight is 442 g/mol. The predicted octanol–water partition coefficient (Wildman–Crippen LogP) is 5.39. The standard InChI is InChI=1S/C19H15Cl2F2N3O3/c1-11-2-4-17(29-19(22)23)15(8-11)24-18(27)14-6-7-26(25-14)10-28-16-5-3-12(20)9-13(16)21/h2-9,19H,10H2,1H3,(H,24,27). The van der Waals surface area contributed by atoms with E-state index in [1.54, 1.807) is 31.2 Å². The highest BCUT2D eigenvalue weighted by Gasteiger charge is 2.15. The molecule has 0 aliphatic carbocycles. The molecule has 1 amide bonds. The fourth-order valence-corrected chi connectivity index (χ4v) is 2.87. The third-order valence-electron chi connectivity index (χ3n) is 3.72. The summed E-state index contributed by atoms with van der Waals surface area (Å²) in [5.74, 6) is -0.316. The van der Waals surface area contributed by atoms with Gasteiger partial charge in [0.2, 0.25) is 0 Å². The van der Waals surface area contributed by atoms with E-state index in [1.165, 1.54) is 29.1 Å². The van der Waals surface area contributed by atoms with Crippen LogP contribution in [0.25, 0.3) is 0 Å². The molecule has 0 radical (unpaired) electrons. The molecule has 0 aliphatic rings. The Labute approximate surface area is 174 Å². The highest BCUT2D eigenvalue weighted by atomic mass is 35.5. The van der Waals surface area contributed by atoms with Crippen molar-refractivity contribution in [3.8, 4) is 11.5 Å². The van der Waals surface area contributed by atoms with Crippen molar-refractivity contribution in [2.75, 3.05) is 5.32 Å². The first-order valence-corrected chi connectivity index (χ1v) is 9.05. The van der Waals surface area contributed by atoms with E-state index >= 15 is 0 Å². The number of aryl methyl sites for hydroxylation is 1. The third-order valence-corrected chi connectivity index (χ3v) is 4.25. The second-order valence-electron chi connectivity index (χ2n) is 5.92. The molecule has 2 aromatic carbocycles. The van der Waals surface area contributed by atoms with Gasteiger partial charge in [-0.3, -0.25) is 4.79 Å². The summed E-state index contributed by atoms with van der Waals surface area (Å²) < 4.78 is 36.5. The minimum atomic E-state index is -3.01. The summed E-state index contributed by atoms with van der Waals surface area (Å²) in [6, 6.07) is 10.7. The molecule has 1 heterocycles. The Morgan fingerprint density at radius 1 is 1.17 bits per heavy atom. The van der Waals surface area contributed by atoms with Gasteiger partial charge < -0.3 is 14.8 Å². The smallest absolute Gasteiger partial charge is 0.387 e. The Morgan fingerprint density at radius 2 is 1.93 bits per heavy atom. The van der Waals surface area contributed by atoms with Crippen molar-refractivity contribution in [3.05, 3.63) is 70.0 Å². The first-order valence-electron chi connectivity index (χ1n) is 8.30. The number of hydrogen-bond donors (Lipinski definition) is 1. The van der Waals surface area contributed by atoms with Crippen LogP contribution in [-0.4, -0.2) is 22.3 Å². The van der Waals surface area contributed by atoms with E-state index in [1.807, 2.05) is 0 Å². The van der Waals surface area contributed by atoms with Crippen molar-refractivity contribution in [1.29, 1.82) is 0 Å². The van der Waals surface area contributed by atoms with E-state index in [2.05, 4.69) is 15.2 Å². The Bertz CT molecular complexity index is 1030. The molecule has 10 heteroatoms. The monoisotopic (exact) mass is 441 g/mol. The first-order chi connectivity index (χ1) is 13.8. The highest BCUT2D eigenvalue weighted by Crippen LogP contribution is 2.28. The van der Waals surface area contributed by atoms with Gasteiger partial charge in [-0.2, -0.15) is 13.9 Å². The molecule has 0 bridgehead atoms. The maximum Gasteiger partial charge on any atom is 0.387 e. The summed E-state index contributed by atoms with van der Waals surface area (Å²) in [7, 11) is 0. The molecular formula is C19H15Cl2F2N3O3. The summed E-state index contributed by atoms with van der Waals surface area (Å²) >= 11 is 11.9. The lowest BCUT2D eigenvalue weighted by atomic mass is 10.2. The highest BCUT2D eigenvalue weighted by molar-refractivity contribution is 6.35. The Morgan fingerprint density at radius 3 is 2.66 bits per heavy atom. The fraction of sp³-hybridized carbons (Fsp3) is 0.158. The van der Waals surface area contributed by atoms with Crippen molar-refractivity contribution in [1.82, 2.24) is 9.78 Å². The summed E-state index contributed by atoms with van der Waals surface area (Å²) in [6.07, 6.45) is 1.53. The van der Waals surface area contributed by atoms with Crippen molar-refractivity contribution in [3.63, 3.8) is 0 Å². The van der Waals surface area contributed by atoms with Gasteiger partial charge in [0.25, 0.3) is 5.91 Å². The van der Waals surface area contributed by atoms with E-state index < -0.39 is 12.5 Å². The molecule has 3 rings (SSSR count). The summed E-state index contributed by atoms with van der Waals surface area (Å²) in [5, 5.41) is 7.45. The minimum Gasteiger partial charge on any atom is -0.470 e. The van der Waals surface area contributed by atoms with Gasteiger partial charge in [0.15, 0.2) is 12.4 Å². The zero-order chi connectivity index (χ0) is 21.0. The molecule has 0 atom stereocenters. The Hall–Kier alpha value is -2.84. The molecule has 0 unspecified atom stereocenters. The topological polar surface area (TPSA) is 65.4 Å². The van der Waals surface area contributed by atoms with Crippen LogP contribution < -0.4 is 14.8 Å². The van der Waals surface area contributed by atoms with E-state index in [-0.39, 0.29) is 23.9 Å². The second-order valence-corrected chi connectivity index (χ2v) is 6.76. The van der Waals surface area contributed by atoms with Crippen LogP contribution in [0.3, 0.4) is 0 Å². The number of nitrogens with zero attached hydrogens (tertiary/aromatic N) is 2. The summed E-state index contributed by atoms with van der Waals surface area (Å²) in [5.41, 5.74) is 0.954. The van der Waals surface area contributed by atoms with Crippen LogP contribution in [0.4, 0.5) is 14.5 Å². The largest absolute Gasteiger partial charge is 0.470 e. The van der Waals surface area contributed by atoms with Gasteiger partial charge in [-0.15, -0.1) is 0 Å². The van der Waals surface area contributed by atoms with Gasteiger partial charge >= 0.3 is 6.61 Å². The number of benzene rings is 2. The van der Waals surface area contributed by atoms with E-state index in [4.69, 9.17) is 27.9 Å². The number of amides is 1. The number of nitrogens with one attached hydrogen (secondary N) is 1. The third kappa shape index (κ3) is 5.58. The maximum absolute atomic E-state index is 12.6. The quantitative estimate of drug-likeness (QED) is 0.533. The zero-order valence-electron chi connectivity index (χ0n) is 15.0. The number of anilines is 1. The number of ether oxygens (including phenoxy) is 2. The molecule has 6 nitrogen and oxygen atoms in total. The van der Waals surface area contributed by atoms with Crippen LogP contribution in [0, 0.1) is 6.92 Å². The first kappa shape index (κ1) is 20.9. The fourth-order valence-electron chi connectivity index (χ4n) is 2.41. The lowest BCUT2D eigenvalue weighted by Crippen LogP contribution is -2.16. The average Bonchev–Trinajstić information content (AvgIpc) is 3.12. The number of rotatable bonds is 7. The molecule has 0 saturated heterocycles. The molecule has 0 spiro atoms. The maximum atomic E-state index is 12.6. The number of aromatic nitrogens is 2. The van der Waals surface area contributed by atoms with Crippen LogP contribution in [0.2, 0.25) is 10.0 Å². The van der Waals surface area contributed by atoms with E-state index in [9.17, 15) is 13.6 Å². The molecular weight excluding hydrogens is 427 g/mol. The zero-order valence-corrected chi connectivity index (χ0v) is 16.5. The van der Waals surface area contributed by atoms with E-state index in [0.717, 1.165) is 5.56 Å². The molecule has 3 aromatic rings. The van der Waals surface area contributed by atoms with Crippen LogP contribution in [0.15, 0.2) is 48.7 Å².